The van der Waals surface area contributed by atoms with Crippen molar-refractivity contribution in [3.05, 3.63) is 49.0 Å². The quantitative estimate of drug-likeness (QED) is 0.574. The zero-order valence-electron chi connectivity index (χ0n) is 17.8. The van der Waals surface area contributed by atoms with Crippen molar-refractivity contribution >= 4 is 17.6 Å². The summed E-state index contributed by atoms with van der Waals surface area (Å²) in [6.07, 6.45) is 12.2. The van der Waals surface area contributed by atoms with Gasteiger partial charge in [-0.15, -0.1) is 6.58 Å². The van der Waals surface area contributed by atoms with Crippen LogP contribution in [0.3, 0.4) is 0 Å². The molecule has 1 unspecified atom stereocenters. The average Bonchev–Trinajstić information content (AvgIpc) is 3.17. The number of pyridine rings is 1. The number of imidazole rings is 1. The maximum atomic E-state index is 13.1. The van der Waals surface area contributed by atoms with Crippen LogP contribution in [0.25, 0.3) is 11.7 Å². The average molecular weight is 412 g/mol. The molecule has 1 amide bonds. The number of aliphatic hydroxyl groups excluding tert-OH is 1. The van der Waals surface area contributed by atoms with E-state index in [9.17, 15) is 9.90 Å². The molecule has 1 fully saturated rings. The smallest absolute Gasteiger partial charge is 0.270 e. The van der Waals surface area contributed by atoms with Crippen molar-refractivity contribution in [2.75, 3.05) is 13.2 Å². The van der Waals surface area contributed by atoms with Crippen LogP contribution in [0.5, 0.6) is 5.75 Å². The Morgan fingerprint density at radius 2 is 2.17 bits per heavy atom. The minimum Gasteiger partial charge on any atom is -0.489 e. The van der Waals surface area contributed by atoms with E-state index in [1.54, 1.807) is 22.7 Å². The molecule has 0 radical (unpaired) electrons. The SMILES string of the molecule is C=Cc1nc2c(OCC3CCCCC3)cccn2c1C(=O)N[C@@H](CO)C(C=C)CC. The van der Waals surface area contributed by atoms with Crippen LogP contribution in [-0.4, -0.2) is 39.7 Å². The van der Waals surface area contributed by atoms with Gasteiger partial charge < -0.3 is 15.2 Å². The van der Waals surface area contributed by atoms with Gasteiger partial charge in [0, 0.05) is 6.20 Å². The lowest BCUT2D eigenvalue weighted by Crippen LogP contribution is -2.42. The molecule has 0 saturated heterocycles. The van der Waals surface area contributed by atoms with Crippen LogP contribution in [0.1, 0.15) is 61.6 Å². The number of nitrogens with one attached hydrogen (secondary N) is 1. The summed E-state index contributed by atoms with van der Waals surface area (Å²) < 4.78 is 7.87. The molecule has 1 aliphatic rings. The van der Waals surface area contributed by atoms with Crippen molar-refractivity contribution in [3.8, 4) is 5.75 Å². The molecule has 30 heavy (non-hydrogen) atoms. The summed E-state index contributed by atoms with van der Waals surface area (Å²) in [6.45, 7) is 10.1. The first-order valence-electron chi connectivity index (χ1n) is 10.9. The molecule has 0 aliphatic heterocycles. The van der Waals surface area contributed by atoms with Gasteiger partial charge in [-0.1, -0.05) is 38.8 Å². The molecule has 2 atom stereocenters. The van der Waals surface area contributed by atoms with E-state index in [1.165, 1.54) is 32.1 Å². The first-order chi connectivity index (χ1) is 14.6. The van der Waals surface area contributed by atoms with Crippen molar-refractivity contribution in [3.63, 3.8) is 0 Å². The van der Waals surface area contributed by atoms with E-state index in [4.69, 9.17) is 4.74 Å². The van der Waals surface area contributed by atoms with Crippen molar-refractivity contribution in [1.82, 2.24) is 14.7 Å². The van der Waals surface area contributed by atoms with E-state index < -0.39 is 6.04 Å². The monoisotopic (exact) mass is 411 g/mol. The standard InChI is InChI=1S/C24H33N3O3/c1-4-18(5-2)20(15-28)26-24(29)22-19(6-3)25-23-21(13-10-14-27(22)23)30-16-17-11-8-7-9-12-17/h4,6,10,13-14,17-18,20,28H,1,3,5,7-9,11-12,15-16H2,2H3,(H,26,29)/t18?,20-/m0/s1. The molecule has 2 aromatic heterocycles. The number of carbonyl (C=O) groups excluding carboxylic acids is 1. The van der Waals surface area contributed by atoms with Gasteiger partial charge in [-0.2, -0.15) is 0 Å². The first kappa shape index (κ1) is 22.1. The van der Waals surface area contributed by atoms with Gasteiger partial charge in [-0.05, 0) is 49.3 Å². The van der Waals surface area contributed by atoms with Crippen molar-refractivity contribution in [2.24, 2.45) is 11.8 Å². The molecule has 2 heterocycles. The van der Waals surface area contributed by atoms with Gasteiger partial charge in [0.25, 0.3) is 5.91 Å². The summed E-state index contributed by atoms with van der Waals surface area (Å²) in [5.41, 5.74) is 1.48. The van der Waals surface area contributed by atoms with Gasteiger partial charge in [0.1, 0.15) is 5.69 Å². The topological polar surface area (TPSA) is 75.9 Å². The third kappa shape index (κ3) is 4.75. The van der Waals surface area contributed by atoms with Gasteiger partial charge in [0.2, 0.25) is 0 Å². The summed E-state index contributed by atoms with van der Waals surface area (Å²) in [5.74, 6) is 0.924. The molecule has 2 N–H and O–H groups in total. The number of ether oxygens (including phenoxy) is 1. The third-order valence-corrected chi connectivity index (χ3v) is 6.05. The van der Waals surface area contributed by atoms with Crippen molar-refractivity contribution in [2.45, 2.75) is 51.5 Å². The summed E-state index contributed by atoms with van der Waals surface area (Å²) in [5, 5.41) is 12.7. The van der Waals surface area contributed by atoms with E-state index in [2.05, 4.69) is 23.5 Å². The molecule has 0 spiro atoms. The Morgan fingerprint density at radius 3 is 2.80 bits per heavy atom. The summed E-state index contributed by atoms with van der Waals surface area (Å²) in [6, 6.07) is 3.34. The molecule has 6 heteroatoms. The number of carbonyl (C=O) groups is 1. The molecule has 2 aromatic rings. The highest BCUT2D eigenvalue weighted by molar-refractivity contribution is 5.97. The van der Waals surface area contributed by atoms with Crippen LogP contribution in [0, 0.1) is 11.8 Å². The number of fused-ring (bicyclic) bond motifs is 1. The number of hydrogen-bond acceptors (Lipinski definition) is 4. The van der Waals surface area contributed by atoms with Crippen LogP contribution < -0.4 is 10.1 Å². The van der Waals surface area contributed by atoms with Gasteiger partial charge in [-0.25, -0.2) is 4.98 Å². The summed E-state index contributed by atoms with van der Waals surface area (Å²) >= 11 is 0. The number of aromatic nitrogens is 2. The second-order valence-electron chi connectivity index (χ2n) is 8.00. The number of amides is 1. The summed E-state index contributed by atoms with van der Waals surface area (Å²) in [4.78, 5) is 17.7. The predicted molar refractivity (Wildman–Crippen MR) is 120 cm³/mol. The lowest BCUT2D eigenvalue weighted by Gasteiger charge is -2.23. The highest BCUT2D eigenvalue weighted by Crippen LogP contribution is 2.27. The fraction of sp³-hybridized carbons (Fsp3) is 0.500. The van der Waals surface area contributed by atoms with E-state index in [1.807, 2.05) is 19.1 Å². The zero-order valence-corrected chi connectivity index (χ0v) is 17.8. The van der Waals surface area contributed by atoms with E-state index in [0.717, 1.165) is 6.42 Å². The van der Waals surface area contributed by atoms with Gasteiger partial charge in [-0.3, -0.25) is 9.20 Å². The van der Waals surface area contributed by atoms with Crippen LogP contribution in [0.4, 0.5) is 0 Å². The summed E-state index contributed by atoms with van der Waals surface area (Å²) in [7, 11) is 0. The lowest BCUT2D eigenvalue weighted by molar-refractivity contribution is 0.0892. The second kappa shape index (κ2) is 10.4. The normalized spacial score (nSPS) is 16.7. The Hall–Kier alpha value is -2.60. The van der Waals surface area contributed by atoms with E-state index >= 15 is 0 Å². The lowest BCUT2D eigenvalue weighted by atomic mass is 9.90. The fourth-order valence-electron chi connectivity index (χ4n) is 4.24. The third-order valence-electron chi connectivity index (χ3n) is 6.05. The van der Waals surface area contributed by atoms with Crippen LogP contribution in [0.15, 0.2) is 37.6 Å². The molecular formula is C24H33N3O3. The molecule has 1 saturated carbocycles. The fourth-order valence-corrected chi connectivity index (χ4v) is 4.24. The molecule has 3 rings (SSSR count). The molecule has 0 bridgehead atoms. The van der Waals surface area contributed by atoms with Gasteiger partial charge >= 0.3 is 0 Å². The number of rotatable bonds is 10. The minimum absolute atomic E-state index is 0.0142. The van der Waals surface area contributed by atoms with Crippen molar-refractivity contribution in [1.29, 1.82) is 0 Å². The zero-order chi connectivity index (χ0) is 21.5. The van der Waals surface area contributed by atoms with Crippen molar-refractivity contribution < 1.29 is 14.6 Å². The van der Waals surface area contributed by atoms with E-state index in [-0.39, 0.29) is 18.4 Å². The maximum absolute atomic E-state index is 13.1. The highest BCUT2D eigenvalue weighted by atomic mass is 16.5. The number of nitrogens with zero attached hydrogens (tertiary/aromatic N) is 2. The van der Waals surface area contributed by atoms with Crippen LogP contribution in [0.2, 0.25) is 0 Å². The molecular weight excluding hydrogens is 378 g/mol. The van der Waals surface area contributed by atoms with Crippen LogP contribution >= 0.6 is 0 Å². The van der Waals surface area contributed by atoms with E-state index in [0.29, 0.717) is 35.3 Å². The molecule has 6 nitrogen and oxygen atoms in total. The van der Waals surface area contributed by atoms with Gasteiger partial charge in [0.15, 0.2) is 11.4 Å². The Morgan fingerprint density at radius 1 is 1.40 bits per heavy atom. The Labute approximate surface area is 178 Å². The minimum atomic E-state index is -0.408. The van der Waals surface area contributed by atoms with Crippen LogP contribution in [-0.2, 0) is 0 Å². The second-order valence-corrected chi connectivity index (χ2v) is 8.00. The highest BCUT2D eigenvalue weighted by Gasteiger charge is 2.25. The number of aliphatic hydroxyl groups is 1. The predicted octanol–water partition coefficient (Wildman–Crippen LogP) is 4.24. The Bertz CT molecular complexity index is 883. The Kier molecular flexibility index (Phi) is 7.69. The first-order valence-corrected chi connectivity index (χ1v) is 10.9. The van der Waals surface area contributed by atoms with Gasteiger partial charge in [0.05, 0.1) is 24.9 Å². The molecule has 162 valence electrons. The molecule has 1 aliphatic carbocycles. The number of hydrogen-bond donors (Lipinski definition) is 2. The largest absolute Gasteiger partial charge is 0.489 e. The Balaban J connectivity index is 1.86. The maximum Gasteiger partial charge on any atom is 0.270 e. The molecule has 0 aromatic carbocycles.